The van der Waals surface area contributed by atoms with E-state index in [0.29, 0.717) is 23.3 Å². The van der Waals surface area contributed by atoms with Crippen molar-refractivity contribution in [3.63, 3.8) is 0 Å². The van der Waals surface area contributed by atoms with Crippen molar-refractivity contribution < 1.29 is 9.18 Å². The number of H-pyrrole nitrogens is 1. The Balaban J connectivity index is 1.37. The number of nitrogens with zero attached hydrogens (tertiary/aromatic N) is 2. The first-order valence-corrected chi connectivity index (χ1v) is 8.54. The summed E-state index contributed by atoms with van der Waals surface area (Å²) in [7, 11) is 0. The molecule has 3 fully saturated rings. The van der Waals surface area contributed by atoms with Gasteiger partial charge in [0.2, 0.25) is 0 Å². The highest BCUT2D eigenvalue weighted by Crippen LogP contribution is 2.38. The van der Waals surface area contributed by atoms with Crippen LogP contribution in [0.2, 0.25) is 0 Å². The standard InChI is InChI=1S/C18H20FN3O/c19-12-5-4-11-6-17(20-16(11)7-12)18(23)22-10-14-8-15(22)9-21(14)13-2-1-3-13/h4-7,13-15,20H,1-3,8-10H2/t14-,15-/m0/s1. The van der Waals surface area contributed by atoms with Crippen LogP contribution < -0.4 is 0 Å². The van der Waals surface area contributed by atoms with Crippen LogP contribution in [-0.2, 0) is 0 Å². The molecule has 0 unspecified atom stereocenters. The predicted molar refractivity (Wildman–Crippen MR) is 85.8 cm³/mol. The minimum Gasteiger partial charge on any atom is -0.350 e. The lowest BCUT2D eigenvalue weighted by Crippen LogP contribution is -2.53. The average molecular weight is 313 g/mol. The van der Waals surface area contributed by atoms with Gasteiger partial charge < -0.3 is 9.88 Å². The minimum atomic E-state index is -0.283. The fraction of sp³-hybridized carbons (Fsp3) is 0.500. The quantitative estimate of drug-likeness (QED) is 0.926. The van der Waals surface area contributed by atoms with E-state index in [1.807, 2.05) is 11.0 Å². The fourth-order valence-electron chi connectivity index (χ4n) is 4.48. The molecular formula is C18H20FN3O. The summed E-state index contributed by atoms with van der Waals surface area (Å²) in [4.78, 5) is 20.6. The van der Waals surface area contributed by atoms with Crippen LogP contribution >= 0.6 is 0 Å². The number of carbonyl (C=O) groups excluding carboxylic acids is 1. The number of fused-ring (bicyclic) bond motifs is 3. The summed E-state index contributed by atoms with van der Waals surface area (Å²) in [5, 5.41) is 0.884. The lowest BCUT2D eigenvalue weighted by atomic mass is 9.91. The first-order valence-electron chi connectivity index (χ1n) is 8.54. The van der Waals surface area contributed by atoms with E-state index in [-0.39, 0.29) is 11.7 Å². The van der Waals surface area contributed by atoms with Crippen molar-refractivity contribution in [3.8, 4) is 0 Å². The molecular weight excluding hydrogens is 293 g/mol. The number of piperazine rings is 1. The van der Waals surface area contributed by atoms with Crippen molar-refractivity contribution in [3.05, 3.63) is 35.8 Å². The van der Waals surface area contributed by atoms with Crippen molar-refractivity contribution in [1.82, 2.24) is 14.8 Å². The number of rotatable bonds is 2. The van der Waals surface area contributed by atoms with Gasteiger partial charge in [-0.15, -0.1) is 0 Å². The van der Waals surface area contributed by atoms with E-state index in [9.17, 15) is 9.18 Å². The van der Waals surface area contributed by atoms with Crippen LogP contribution in [0.3, 0.4) is 0 Å². The number of likely N-dealkylation sites (tertiary alicyclic amines) is 2. The van der Waals surface area contributed by atoms with E-state index in [4.69, 9.17) is 0 Å². The van der Waals surface area contributed by atoms with Gasteiger partial charge in [-0.05, 0) is 43.5 Å². The summed E-state index contributed by atoms with van der Waals surface area (Å²) in [6.07, 6.45) is 5.11. The molecule has 1 aromatic heterocycles. The highest BCUT2D eigenvalue weighted by Gasteiger charge is 2.48. The second-order valence-corrected chi connectivity index (χ2v) is 7.20. The van der Waals surface area contributed by atoms with E-state index in [2.05, 4.69) is 9.88 Å². The van der Waals surface area contributed by atoms with E-state index in [1.165, 1.54) is 31.4 Å². The van der Waals surface area contributed by atoms with Crippen LogP contribution in [-0.4, -0.2) is 51.9 Å². The number of amides is 1. The van der Waals surface area contributed by atoms with Gasteiger partial charge in [0.15, 0.2) is 0 Å². The first kappa shape index (κ1) is 13.5. The number of hydrogen-bond donors (Lipinski definition) is 1. The molecule has 1 N–H and O–H groups in total. The first-order chi connectivity index (χ1) is 11.2. The summed E-state index contributed by atoms with van der Waals surface area (Å²) in [5.41, 5.74) is 1.27. The Labute approximate surface area is 134 Å². The Morgan fingerprint density at radius 2 is 2.00 bits per heavy atom. The van der Waals surface area contributed by atoms with Crippen LogP contribution in [0.4, 0.5) is 4.39 Å². The molecule has 23 heavy (non-hydrogen) atoms. The third kappa shape index (κ3) is 2.02. The zero-order chi connectivity index (χ0) is 15.6. The maximum absolute atomic E-state index is 13.3. The number of benzene rings is 1. The number of hydrogen-bond acceptors (Lipinski definition) is 2. The average Bonchev–Trinajstić information content (AvgIpc) is 3.16. The van der Waals surface area contributed by atoms with Crippen molar-refractivity contribution in [2.75, 3.05) is 13.1 Å². The molecule has 0 radical (unpaired) electrons. The van der Waals surface area contributed by atoms with Crippen LogP contribution in [0, 0.1) is 5.82 Å². The molecule has 4 nitrogen and oxygen atoms in total. The Bertz CT molecular complexity index is 782. The Morgan fingerprint density at radius 1 is 1.13 bits per heavy atom. The molecule has 1 aromatic carbocycles. The molecule has 2 bridgehead atoms. The molecule has 0 spiro atoms. The SMILES string of the molecule is O=C(c1cc2ccc(F)cc2[nH]1)N1C[C@@H]2C[C@H]1CN2C1CCC1. The van der Waals surface area contributed by atoms with Crippen molar-refractivity contribution >= 4 is 16.8 Å². The lowest BCUT2D eigenvalue weighted by Gasteiger charge is -2.42. The lowest BCUT2D eigenvalue weighted by molar-refractivity contribution is 0.0432. The largest absolute Gasteiger partial charge is 0.350 e. The smallest absolute Gasteiger partial charge is 0.270 e. The van der Waals surface area contributed by atoms with Gasteiger partial charge in [-0.3, -0.25) is 9.69 Å². The third-order valence-corrected chi connectivity index (χ3v) is 5.90. The van der Waals surface area contributed by atoms with Gasteiger partial charge in [0, 0.05) is 42.1 Å². The van der Waals surface area contributed by atoms with Crippen molar-refractivity contribution in [2.24, 2.45) is 0 Å². The Kier molecular flexibility index (Phi) is 2.83. The molecule has 2 saturated heterocycles. The van der Waals surface area contributed by atoms with Gasteiger partial charge in [0.05, 0.1) is 0 Å². The third-order valence-electron chi connectivity index (χ3n) is 5.90. The van der Waals surface area contributed by atoms with Crippen LogP contribution in [0.25, 0.3) is 10.9 Å². The minimum absolute atomic E-state index is 0.0577. The molecule has 1 amide bonds. The van der Waals surface area contributed by atoms with Gasteiger partial charge in [0.1, 0.15) is 11.5 Å². The van der Waals surface area contributed by atoms with Crippen LogP contribution in [0.1, 0.15) is 36.2 Å². The zero-order valence-electron chi connectivity index (χ0n) is 13.0. The molecule has 3 aliphatic rings. The summed E-state index contributed by atoms with van der Waals surface area (Å²) in [6, 6.07) is 8.07. The number of halogens is 1. The number of aromatic nitrogens is 1. The molecule has 5 heteroatoms. The van der Waals surface area contributed by atoms with E-state index >= 15 is 0 Å². The normalized spacial score (nSPS) is 27.8. The molecule has 1 saturated carbocycles. The van der Waals surface area contributed by atoms with Gasteiger partial charge in [0.25, 0.3) is 5.91 Å². The fourth-order valence-corrected chi connectivity index (χ4v) is 4.48. The molecule has 5 rings (SSSR count). The maximum Gasteiger partial charge on any atom is 0.270 e. The highest BCUT2D eigenvalue weighted by molar-refractivity contribution is 5.98. The van der Waals surface area contributed by atoms with E-state index < -0.39 is 0 Å². The van der Waals surface area contributed by atoms with E-state index in [0.717, 1.165) is 30.9 Å². The van der Waals surface area contributed by atoms with Crippen molar-refractivity contribution in [2.45, 2.75) is 43.8 Å². The van der Waals surface area contributed by atoms with Crippen molar-refractivity contribution in [1.29, 1.82) is 0 Å². The topological polar surface area (TPSA) is 39.3 Å². The van der Waals surface area contributed by atoms with Gasteiger partial charge >= 0.3 is 0 Å². The molecule has 3 heterocycles. The summed E-state index contributed by atoms with van der Waals surface area (Å²) in [6.45, 7) is 1.86. The molecule has 120 valence electrons. The molecule has 1 aliphatic carbocycles. The van der Waals surface area contributed by atoms with Crippen LogP contribution in [0.15, 0.2) is 24.3 Å². The predicted octanol–water partition coefficient (Wildman–Crippen LogP) is 2.76. The molecule has 2 aromatic rings. The second-order valence-electron chi connectivity index (χ2n) is 7.20. The summed E-state index contributed by atoms with van der Waals surface area (Å²) >= 11 is 0. The van der Waals surface area contributed by atoms with Crippen LogP contribution in [0.5, 0.6) is 0 Å². The van der Waals surface area contributed by atoms with Gasteiger partial charge in [-0.1, -0.05) is 6.42 Å². The monoisotopic (exact) mass is 313 g/mol. The zero-order valence-corrected chi connectivity index (χ0v) is 13.0. The maximum atomic E-state index is 13.3. The number of aromatic amines is 1. The Morgan fingerprint density at radius 3 is 2.70 bits per heavy atom. The van der Waals surface area contributed by atoms with Gasteiger partial charge in [-0.2, -0.15) is 0 Å². The number of carbonyl (C=O) groups is 1. The van der Waals surface area contributed by atoms with E-state index in [1.54, 1.807) is 6.07 Å². The summed E-state index contributed by atoms with van der Waals surface area (Å²) < 4.78 is 13.3. The second kappa shape index (κ2) is 4.81. The highest BCUT2D eigenvalue weighted by atomic mass is 19.1. The molecule has 2 aliphatic heterocycles. The molecule has 2 atom stereocenters. The summed E-state index contributed by atoms with van der Waals surface area (Å²) in [5.74, 6) is -0.225. The Hall–Kier alpha value is -1.88. The number of nitrogens with one attached hydrogen (secondary N) is 1. The van der Waals surface area contributed by atoms with Gasteiger partial charge in [-0.25, -0.2) is 4.39 Å².